The van der Waals surface area contributed by atoms with E-state index >= 15 is 0 Å². The van der Waals surface area contributed by atoms with Gasteiger partial charge in [-0.15, -0.1) is 0 Å². The average molecular weight is 244 g/mol. The molecule has 98 valence electrons. The molecule has 2 unspecified atom stereocenters. The highest BCUT2D eigenvalue weighted by atomic mass is 16.4. The molecule has 0 aromatic carbocycles. The Kier molecular flexibility index (Phi) is 6.23. The Morgan fingerprint density at radius 1 is 1.35 bits per heavy atom. The molecule has 2 atom stereocenters. The van der Waals surface area contributed by atoms with E-state index in [0.29, 0.717) is 12.8 Å². The number of carboxylic acids is 1. The van der Waals surface area contributed by atoms with Gasteiger partial charge in [0.1, 0.15) is 12.1 Å². The first-order chi connectivity index (χ1) is 7.79. The monoisotopic (exact) mass is 244 g/mol. The van der Waals surface area contributed by atoms with Crippen molar-refractivity contribution in [3.8, 4) is 0 Å². The van der Waals surface area contributed by atoms with Gasteiger partial charge in [0.25, 0.3) is 0 Å². The van der Waals surface area contributed by atoms with Gasteiger partial charge in [0.2, 0.25) is 12.3 Å². The van der Waals surface area contributed by atoms with Crippen LogP contribution in [0.15, 0.2) is 0 Å². The largest absolute Gasteiger partial charge is 0.480 e. The Morgan fingerprint density at radius 2 is 1.88 bits per heavy atom. The summed E-state index contributed by atoms with van der Waals surface area (Å²) in [5.41, 5.74) is 0. The Balaban J connectivity index is 4.63. The smallest absolute Gasteiger partial charge is 0.325 e. The zero-order chi connectivity index (χ0) is 13.6. The summed E-state index contributed by atoms with van der Waals surface area (Å²) in [5, 5.41) is 11.1. The summed E-state index contributed by atoms with van der Waals surface area (Å²) < 4.78 is 0. The number of amides is 2. The topological polar surface area (TPSA) is 86.7 Å². The van der Waals surface area contributed by atoms with Crippen molar-refractivity contribution in [1.29, 1.82) is 0 Å². The van der Waals surface area contributed by atoms with E-state index in [1.54, 1.807) is 0 Å². The third kappa shape index (κ3) is 5.33. The van der Waals surface area contributed by atoms with Crippen LogP contribution in [-0.2, 0) is 14.4 Å². The van der Waals surface area contributed by atoms with Crippen molar-refractivity contribution in [2.45, 2.75) is 39.3 Å². The van der Waals surface area contributed by atoms with E-state index in [-0.39, 0.29) is 5.92 Å². The molecule has 0 aliphatic heterocycles. The molecule has 2 N–H and O–H groups in total. The number of likely N-dealkylation sites (N-methyl/N-ethyl adjacent to an activating group) is 1. The highest BCUT2D eigenvalue weighted by molar-refractivity contribution is 5.87. The SMILES string of the molecule is CC(C)CC(C(=O)NC(C)C(=O)O)N(C)C=O. The van der Waals surface area contributed by atoms with Crippen LogP contribution in [0, 0.1) is 5.92 Å². The van der Waals surface area contributed by atoms with Crippen molar-refractivity contribution < 1.29 is 19.5 Å². The fourth-order valence-corrected chi connectivity index (χ4v) is 1.35. The van der Waals surface area contributed by atoms with Gasteiger partial charge in [0, 0.05) is 7.05 Å². The van der Waals surface area contributed by atoms with Crippen LogP contribution in [0.2, 0.25) is 0 Å². The summed E-state index contributed by atoms with van der Waals surface area (Å²) in [6.07, 6.45) is 1.06. The molecule has 0 heterocycles. The van der Waals surface area contributed by atoms with Gasteiger partial charge >= 0.3 is 5.97 Å². The molecule has 0 aliphatic rings. The van der Waals surface area contributed by atoms with Gasteiger partial charge in [-0.1, -0.05) is 13.8 Å². The Labute approximate surface area is 101 Å². The first-order valence-electron chi connectivity index (χ1n) is 5.50. The third-order valence-corrected chi connectivity index (χ3v) is 2.38. The maximum Gasteiger partial charge on any atom is 0.325 e. The number of aliphatic carboxylic acids is 1. The van der Waals surface area contributed by atoms with E-state index in [2.05, 4.69) is 5.32 Å². The molecule has 0 fully saturated rings. The van der Waals surface area contributed by atoms with E-state index in [1.807, 2.05) is 13.8 Å². The number of hydrogen-bond acceptors (Lipinski definition) is 3. The van der Waals surface area contributed by atoms with Crippen molar-refractivity contribution in [2.75, 3.05) is 7.05 Å². The lowest BCUT2D eigenvalue weighted by Crippen LogP contribution is -2.49. The van der Waals surface area contributed by atoms with E-state index < -0.39 is 24.0 Å². The quantitative estimate of drug-likeness (QED) is 0.621. The van der Waals surface area contributed by atoms with Gasteiger partial charge in [0.05, 0.1) is 0 Å². The van der Waals surface area contributed by atoms with Crippen LogP contribution in [0.5, 0.6) is 0 Å². The number of carbonyl (C=O) groups is 3. The minimum absolute atomic E-state index is 0.230. The molecule has 0 bridgehead atoms. The summed E-state index contributed by atoms with van der Waals surface area (Å²) in [4.78, 5) is 34.4. The van der Waals surface area contributed by atoms with E-state index in [9.17, 15) is 14.4 Å². The summed E-state index contributed by atoms with van der Waals surface area (Å²) in [6, 6.07) is -1.59. The molecule has 0 saturated heterocycles. The molecule has 0 radical (unpaired) electrons. The van der Waals surface area contributed by atoms with Crippen molar-refractivity contribution in [3.05, 3.63) is 0 Å². The number of nitrogens with zero attached hydrogens (tertiary/aromatic N) is 1. The molecule has 0 aromatic rings. The van der Waals surface area contributed by atoms with Gasteiger partial charge < -0.3 is 15.3 Å². The number of carboxylic acid groups (broad SMARTS) is 1. The molecular weight excluding hydrogens is 224 g/mol. The lowest BCUT2D eigenvalue weighted by atomic mass is 10.0. The van der Waals surface area contributed by atoms with Gasteiger partial charge in [-0.05, 0) is 19.3 Å². The maximum atomic E-state index is 11.8. The zero-order valence-corrected chi connectivity index (χ0v) is 10.6. The molecule has 2 amide bonds. The van der Waals surface area contributed by atoms with Crippen LogP contribution in [-0.4, -0.2) is 47.4 Å². The highest BCUT2D eigenvalue weighted by Crippen LogP contribution is 2.09. The Bertz CT molecular complexity index is 291. The van der Waals surface area contributed by atoms with Crippen LogP contribution in [0.3, 0.4) is 0 Å². The van der Waals surface area contributed by atoms with Gasteiger partial charge in [-0.25, -0.2) is 0 Å². The van der Waals surface area contributed by atoms with Crippen LogP contribution >= 0.6 is 0 Å². The number of rotatable bonds is 7. The molecule has 6 heteroatoms. The highest BCUT2D eigenvalue weighted by Gasteiger charge is 2.26. The Hall–Kier alpha value is -1.59. The minimum atomic E-state index is -1.10. The fraction of sp³-hybridized carbons (Fsp3) is 0.727. The number of hydrogen-bond donors (Lipinski definition) is 2. The minimum Gasteiger partial charge on any atom is -0.480 e. The van der Waals surface area contributed by atoms with Gasteiger partial charge in [-0.2, -0.15) is 0 Å². The predicted molar refractivity (Wildman–Crippen MR) is 62.3 cm³/mol. The first kappa shape index (κ1) is 15.4. The van der Waals surface area contributed by atoms with Gasteiger partial charge in [-0.3, -0.25) is 14.4 Å². The molecule has 0 rings (SSSR count). The molecule has 0 spiro atoms. The summed E-state index contributed by atoms with van der Waals surface area (Å²) in [5.74, 6) is -1.31. The normalized spacial score (nSPS) is 13.9. The molecule has 17 heavy (non-hydrogen) atoms. The molecular formula is C11H20N2O4. The lowest BCUT2D eigenvalue weighted by molar-refractivity contribution is -0.142. The summed E-state index contributed by atoms with van der Waals surface area (Å²) in [7, 11) is 1.51. The molecule has 0 aromatic heterocycles. The third-order valence-electron chi connectivity index (χ3n) is 2.38. The van der Waals surface area contributed by atoms with Crippen molar-refractivity contribution in [2.24, 2.45) is 5.92 Å². The fourth-order valence-electron chi connectivity index (χ4n) is 1.35. The van der Waals surface area contributed by atoms with Crippen LogP contribution in [0.25, 0.3) is 0 Å². The maximum absolute atomic E-state index is 11.8. The number of nitrogens with one attached hydrogen (secondary N) is 1. The van der Waals surface area contributed by atoms with Crippen molar-refractivity contribution in [1.82, 2.24) is 10.2 Å². The predicted octanol–water partition coefficient (Wildman–Crippen LogP) is 0.0786. The standard InChI is InChI=1S/C11H20N2O4/c1-7(2)5-9(13(4)6-14)10(15)12-8(3)11(16)17/h6-9H,5H2,1-4H3,(H,12,15)(H,16,17). The summed E-state index contributed by atoms with van der Waals surface area (Å²) >= 11 is 0. The second kappa shape index (κ2) is 6.88. The molecule has 0 aliphatic carbocycles. The van der Waals surface area contributed by atoms with Crippen molar-refractivity contribution in [3.63, 3.8) is 0 Å². The first-order valence-corrected chi connectivity index (χ1v) is 5.50. The van der Waals surface area contributed by atoms with E-state index in [0.717, 1.165) is 0 Å². The van der Waals surface area contributed by atoms with E-state index in [4.69, 9.17) is 5.11 Å². The second-order valence-corrected chi connectivity index (χ2v) is 4.48. The molecule has 0 saturated carbocycles. The van der Waals surface area contributed by atoms with E-state index in [1.165, 1.54) is 18.9 Å². The molecule has 6 nitrogen and oxygen atoms in total. The van der Waals surface area contributed by atoms with Crippen LogP contribution in [0.1, 0.15) is 27.2 Å². The van der Waals surface area contributed by atoms with Crippen LogP contribution < -0.4 is 5.32 Å². The average Bonchev–Trinajstić information content (AvgIpc) is 2.24. The number of carbonyl (C=O) groups excluding carboxylic acids is 2. The van der Waals surface area contributed by atoms with Crippen molar-refractivity contribution >= 4 is 18.3 Å². The zero-order valence-electron chi connectivity index (χ0n) is 10.6. The Morgan fingerprint density at radius 3 is 2.24 bits per heavy atom. The summed E-state index contributed by atoms with van der Waals surface area (Å²) in [6.45, 7) is 5.24. The van der Waals surface area contributed by atoms with Gasteiger partial charge in [0.15, 0.2) is 0 Å². The lowest BCUT2D eigenvalue weighted by Gasteiger charge is -2.26. The van der Waals surface area contributed by atoms with Crippen LogP contribution in [0.4, 0.5) is 0 Å². The second-order valence-electron chi connectivity index (χ2n) is 4.48.